The van der Waals surface area contributed by atoms with Gasteiger partial charge < -0.3 is 9.73 Å². The Balaban J connectivity index is 1.97. The highest BCUT2D eigenvalue weighted by molar-refractivity contribution is 9.10. The number of rotatable bonds is 2. The molecule has 0 aliphatic rings. The summed E-state index contributed by atoms with van der Waals surface area (Å²) in [4.78, 5) is 8.66. The van der Waals surface area contributed by atoms with Gasteiger partial charge in [-0.2, -0.15) is 5.26 Å². The van der Waals surface area contributed by atoms with Gasteiger partial charge in [0.2, 0.25) is 0 Å². The first-order valence-electron chi connectivity index (χ1n) is 6.85. The van der Waals surface area contributed by atoms with Gasteiger partial charge in [0.25, 0.3) is 0 Å². The summed E-state index contributed by atoms with van der Waals surface area (Å²) in [6.45, 7) is 0. The van der Waals surface area contributed by atoms with E-state index in [9.17, 15) is 0 Å². The van der Waals surface area contributed by atoms with Crippen LogP contribution in [0, 0.1) is 11.3 Å². The summed E-state index contributed by atoms with van der Waals surface area (Å²) in [5.41, 5.74) is 2.43. The van der Waals surface area contributed by atoms with E-state index in [1.807, 2.05) is 37.4 Å². The van der Waals surface area contributed by atoms with Crippen molar-refractivity contribution in [3.05, 3.63) is 46.8 Å². The monoisotopic (exact) mass is 367 g/mol. The first-order valence-corrected chi connectivity index (χ1v) is 7.64. The van der Waals surface area contributed by atoms with Gasteiger partial charge in [-0.25, -0.2) is 9.97 Å². The van der Waals surface area contributed by atoms with Gasteiger partial charge in [-0.3, -0.25) is 4.40 Å². The molecule has 0 radical (unpaired) electrons. The van der Waals surface area contributed by atoms with Crippen molar-refractivity contribution in [3.8, 4) is 17.5 Å². The molecule has 6 nitrogen and oxygen atoms in total. The standard InChI is InChI=1S/C16H10BrN5O/c1-19-16-15(21-14-6-11(7-18)20-8-22(14)16)13-5-9-4-10(17)2-3-12(9)23-13/h2-6,8,19H,1H3. The van der Waals surface area contributed by atoms with Crippen molar-refractivity contribution in [1.29, 1.82) is 5.26 Å². The second kappa shape index (κ2) is 5.11. The van der Waals surface area contributed by atoms with E-state index in [0.29, 0.717) is 22.8 Å². The Morgan fingerprint density at radius 2 is 2.17 bits per heavy atom. The van der Waals surface area contributed by atoms with E-state index in [0.717, 1.165) is 21.3 Å². The van der Waals surface area contributed by atoms with Crippen molar-refractivity contribution in [2.45, 2.75) is 0 Å². The fraction of sp³-hybridized carbons (Fsp3) is 0.0625. The Kier molecular flexibility index (Phi) is 3.06. The van der Waals surface area contributed by atoms with Crippen LogP contribution < -0.4 is 5.32 Å². The molecule has 0 aliphatic carbocycles. The summed E-state index contributed by atoms with van der Waals surface area (Å²) in [7, 11) is 1.81. The second-order valence-electron chi connectivity index (χ2n) is 4.97. The number of nitrogens with zero attached hydrogens (tertiary/aromatic N) is 4. The number of benzene rings is 1. The Morgan fingerprint density at radius 1 is 1.30 bits per heavy atom. The van der Waals surface area contributed by atoms with Crippen LogP contribution in [-0.2, 0) is 0 Å². The third-order valence-electron chi connectivity index (χ3n) is 3.58. The van der Waals surface area contributed by atoms with Crippen LogP contribution in [0.1, 0.15) is 5.69 Å². The molecule has 1 N–H and O–H groups in total. The Morgan fingerprint density at radius 3 is 2.96 bits per heavy atom. The highest BCUT2D eigenvalue weighted by atomic mass is 79.9. The zero-order valence-corrected chi connectivity index (χ0v) is 13.6. The first-order chi connectivity index (χ1) is 11.2. The summed E-state index contributed by atoms with van der Waals surface area (Å²) < 4.78 is 8.70. The molecule has 0 saturated heterocycles. The van der Waals surface area contributed by atoms with Crippen molar-refractivity contribution < 1.29 is 4.42 Å². The minimum atomic E-state index is 0.324. The van der Waals surface area contributed by atoms with Gasteiger partial charge >= 0.3 is 0 Å². The van der Waals surface area contributed by atoms with Crippen molar-refractivity contribution in [1.82, 2.24) is 14.4 Å². The van der Waals surface area contributed by atoms with Crippen molar-refractivity contribution >= 4 is 38.4 Å². The molecule has 1 aromatic carbocycles. The second-order valence-corrected chi connectivity index (χ2v) is 5.88. The van der Waals surface area contributed by atoms with Crippen LogP contribution in [-0.4, -0.2) is 21.4 Å². The van der Waals surface area contributed by atoms with Crippen LogP contribution in [0.3, 0.4) is 0 Å². The number of hydrogen-bond acceptors (Lipinski definition) is 5. The first kappa shape index (κ1) is 13.8. The number of aromatic nitrogens is 3. The molecule has 0 saturated carbocycles. The highest BCUT2D eigenvalue weighted by Crippen LogP contribution is 2.33. The molecule has 4 aromatic rings. The van der Waals surface area contributed by atoms with Crippen LogP contribution in [0.5, 0.6) is 0 Å². The van der Waals surface area contributed by atoms with Crippen LogP contribution >= 0.6 is 15.9 Å². The molecular weight excluding hydrogens is 358 g/mol. The summed E-state index contributed by atoms with van der Waals surface area (Å²) in [5, 5.41) is 13.1. The lowest BCUT2D eigenvalue weighted by atomic mass is 10.2. The average Bonchev–Trinajstić information content (AvgIpc) is 3.13. The van der Waals surface area contributed by atoms with E-state index < -0.39 is 0 Å². The molecule has 4 rings (SSSR count). The Hall–Kier alpha value is -2.85. The van der Waals surface area contributed by atoms with Crippen LogP contribution in [0.25, 0.3) is 28.1 Å². The lowest BCUT2D eigenvalue weighted by molar-refractivity contribution is 0.629. The SMILES string of the molecule is CNc1c(-c2cc3cc(Br)ccc3o2)nc2cc(C#N)ncn12. The van der Waals surface area contributed by atoms with E-state index in [4.69, 9.17) is 9.68 Å². The molecule has 0 spiro atoms. The molecule has 0 aliphatic heterocycles. The maximum atomic E-state index is 8.98. The number of anilines is 1. The predicted molar refractivity (Wildman–Crippen MR) is 90.2 cm³/mol. The van der Waals surface area contributed by atoms with E-state index in [1.165, 1.54) is 0 Å². The Bertz CT molecular complexity index is 1090. The Labute approximate surface area is 139 Å². The van der Waals surface area contributed by atoms with Crippen LogP contribution in [0.4, 0.5) is 5.82 Å². The molecule has 3 aromatic heterocycles. The largest absolute Gasteiger partial charge is 0.454 e. The van der Waals surface area contributed by atoms with Gasteiger partial charge in [0, 0.05) is 23.0 Å². The summed E-state index contributed by atoms with van der Waals surface area (Å²) >= 11 is 3.46. The zero-order valence-electron chi connectivity index (χ0n) is 12.0. The predicted octanol–water partition coefficient (Wildman–Crippen LogP) is 3.82. The lowest BCUT2D eigenvalue weighted by Gasteiger charge is -2.01. The molecule has 0 bridgehead atoms. The molecule has 23 heavy (non-hydrogen) atoms. The van der Waals surface area contributed by atoms with Crippen molar-refractivity contribution in [3.63, 3.8) is 0 Å². The molecule has 0 atom stereocenters. The number of nitrogens with one attached hydrogen (secondary N) is 1. The minimum Gasteiger partial charge on any atom is -0.454 e. The highest BCUT2D eigenvalue weighted by Gasteiger charge is 2.17. The fourth-order valence-electron chi connectivity index (χ4n) is 2.55. The number of hydrogen-bond donors (Lipinski definition) is 1. The van der Waals surface area contributed by atoms with E-state index >= 15 is 0 Å². The normalized spacial score (nSPS) is 11.0. The smallest absolute Gasteiger partial charge is 0.157 e. The molecule has 7 heteroatoms. The molecule has 112 valence electrons. The van der Waals surface area contributed by atoms with Crippen LogP contribution in [0.2, 0.25) is 0 Å². The van der Waals surface area contributed by atoms with Crippen molar-refractivity contribution in [2.75, 3.05) is 12.4 Å². The fourth-order valence-corrected chi connectivity index (χ4v) is 2.93. The maximum absolute atomic E-state index is 8.98. The summed E-state index contributed by atoms with van der Waals surface area (Å²) in [5.74, 6) is 1.42. The topological polar surface area (TPSA) is 79.2 Å². The van der Waals surface area contributed by atoms with E-state index in [2.05, 4.69) is 31.2 Å². The van der Waals surface area contributed by atoms with Gasteiger partial charge in [0.15, 0.2) is 5.76 Å². The van der Waals surface area contributed by atoms with Crippen molar-refractivity contribution in [2.24, 2.45) is 0 Å². The van der Waals surface area contributed by atoms with Crippen LogP contribution in [0.15, 0.2) is 45.5 Å². The minimum absolute atomic E-state index is 0.324. The molecule has 0 unspecified atom stereocenters. The number of fused-ring (bicyclic) bond motifs is 2. The third kappa shape index (κ3) is 2.15. The van der Waals surface area contributed by atoms with Gasteiger partial charge in [0.1, 0.15) is 40.8 Å². The summed E-state index contributed by atoms with van der Waals surface area (Å²) in [6, 6.07) is 11.4. The van der Waals surface area contributed by atoms with Gasteiger partial charge in [-0.1, -0.05) is 15.9 Å². The molecule has 3 heterocycles. The molecular formula is C16H10BrN5O. The lowest BCUT2D eigenvalue weighted by Crippen LogP contribution is -1.97. The quantitative estimate of drug-likeness (QED) is 0.582. The zero-order chi connectivity index (χ0) is 16.0. The maximum Gasteiger partial charge on any atom is 0.157 e. The number of nitriles is 1. The van der Waals surface area contributed by atoms with E-state index in [1.54, 1.807) is 16.8 Å². The van der Waals surface area contributed by atoms with Gasteiger partial charge in [0.05, 0.1) is 0 Å². The number of imidazole rings is 1. The van der Waals surface area contributed by atoms with Gasteiger partial charge in [-0.15, -0.1) is 0 Å². The number of halogens is 1. The molecule has 0 amide bonds. The van der Waals surface area contributed by atoms with Gasteiger partial charge in [-0.05, 0) is 24.3 Å². The third-order valence-corrected chi connectivity index (χ3v) is 4.07. The molecule has 0 fully saturated rings. The van der Waals surface area contributed by atoms with E-state index in [-0.39, 0.29) is 0 Å². The number of furan rings is 1. The average molecular weight is 368 g/mol. The summed E-state index contributed by atoms with van der Waals surface area (Å²) in [6.07, 6.45) is 1.58.